The molecule has 132 valence electrons. The average Bonchev–Trinajstić information content (AvgIpc) is 3.12. The molecule has 0 saturated heterocycles. The van der Waals surface area contributed by atoms with E-state index in [9.17, 15) is 0 Å². The first-order valence-corrected chi connectivity index (χ1v) is 13.1. The molecule has 4 nitrogen and oxygen atoms in total. The minimum absolute atomic E-state index is 0.541. The summed E-state index contributed by atoms with van der Waals surface area (Å²) in [5.41, 5.74) is 2.17. The molecule has 0 bridgehead atoms. The van der Waals surface area contributed by atoms with Crippen molar-refractivity contribution in [2.24, 2.45) is 5.92 Å². The first-order valence-electron chi connectivity index (χ1n) is 9.00. The third-order valence-corrected chi connectivity index (χ3v) is 6.89. The average molecular weight is 366 g/mol. The lowest BCUT2D eigenvalue weighted by molar-refractivity contribution is 0.0897. The lowest BCUT2D eigenvalue weighted by Crippen LogP contribution is -2.22. The molecule has 1 aliphatic rings. The molecule has 0 spiro atoms. The summed E-state index contributed by atoms with van der Waals surface area (Å²) in [7, 11) is -1.06. The fourth-order valence-electron chi connectivity index (χ4n) is 3.48. The molecular formula is C18H28ClN3OSi. The van der Waals surface area contributed by atoms with Gasteiger partial charge in [-0.25, -0.2) is 9.97 Å². The second-order valence-electron chi connectivity index (χ2n) is 8.19. The van der Waals surface area contributed by atoms with Crippen molar-refractivity contribution in [3.05, 3.63) is 23.2 Å². The molecule has 1 aliphatic carbocycles. The van der Waals surface area contributed by atoms with Crippen molar-refractivity contribution >= 4 is 30.7 Å². The number of rotatable bonds is 7. The maximum absolute atomic E-state index is 6.38. The molecule has 3 rings (SSSR count). The Hall–Kier alpha value is -0.913. The van der Waals surface area contributed by atoms with Gasteiger partial charge in [-0.1, -0.05) is 56.9 Å². The Morgan fingerprint density at radius 1 is 1.25 bits per heavy atom. The summed E-state index contributed by atoms with van der Waals surface area (Å²) in [6.45, 7) is 8.46. The second-order valence-corrected chi connectivity index (χ2v) is 14.2. The zero-order valence-electron chi connectivity index (χ0n) is 15.0. The minimum atomic E-state index is -1.06. The standard InChI is InChI=1S/C18H28ClN3OSi/c1-24(2,3)9-8-23-13-22-11-15(10-14-6-4-5-7-14)16-17(19)20-12-21-18(16)22/h11-12,14H,4-10,13H2,1-3H3. The van der Waals surface area contributed by atoms with Crippen molar-refractivity contribution in [1.82, 2.24) is 14.5 Å². The van der Waals surface area contributed by atoms with Gasteiger partial charge in [0.15, 0.2) is 0 Å². The molecule has 2 aromatic rings. The van der Waals surface area contributed by atoms with Gasteiger partial charge in [-0.3, -0.25) is 0 Å². The maximum atomic E-state index is 6.38. The van der Waals surface area contributed by atoms with Gasteiger partial charge in [-0.05, 0) is 23.9 Å². The summed E-state index contributed by atoms with van der Waals surface area (Å²) >= 11 is 6.38. The molecule has 0 amide bonds. The molecular weight excluding hydrogens is 338 g/mol. The molecule has 1 fully saturated rings. The quantitative estimate of drug-likeness (QED) is 0.388. The topological polar surface area (TPSA) is 39.9 Å². The highest BCUT2D eigenvalue weighted by Crippen LogP contribution is 2.33. The Labute approximate surface area is 150 Å². The van der Waals surface area contributed by atoms with Crippen LogP contribution in [0.3, 0.4) is 0 Å². The predicted molar refractivity (Wildman–Crippen MR) is 102 cm³/mol. The van der Waals surface area contributed by atoms with E-state index < -0.39 is 8.07 Å². The van der Waals surface area contributed by atoms with E-state index in [1.807, 2.05) is 0 Å². The number of aromatic nitrogens is 3. The summed E-state index contributed by atoms with van der Waals surface area (Å²) < 4.78 is 8.02. The minimum Gasteiger partial charge on any atom is -0.361 e. The van der Waals surface area contributed by atoms with Gasteiger partial charge in [0, 0.05) is 20.9 Å². The molecule has 0 radical (unpaired) electrons. The van der Waals surface area contributed by atoms with Crippen molar-refractivity contribution in [2.75, 3.05) is 6.61 Å². The smallest absolute Gasteiger partial charge is 0.147 e. The van der Waals surface area contributed by atoms with Crippen molar-refractivity contribution < 1.29 is 4.74 Å². The van der Waals surface area contributed by atoms with Gasteiger partial charge in [-0.15, -0.1) is 0 Å². The molecule has 2 heterocycles. The fraction of sp³-hybridized carbons (Fsp3) is 0.667. The normalized spacial score (nSPS) is 16.3. The Kier molecular flexibility index (Phi) is 5.62. The van der Waals surface area contributed by atoms with Crippen LogP contribution in [-0.2, 0) is 17.9 Å². The van der Waals surface area contributed by atoms with Crippen LogP contribution in [0.25, 0.3) is 11.0 Å². The van der Waals surface area contributed by atoms with Gasteiger partial charge >= 0.3 is 0 Å². The molecule has 2 aromatic heterocycles. The molecule has 6 heteroatoms. The third kappa shape index (κ3) is 4.38. The molecule has 0 aliphatic heterocycles. The van der Waals surface area contributed by atoms with E-state index in [4.69, 9.17) is 16.3 Å². The third-order valence-electron chi connectivity index (χ3n) is 4.90. The summed E-state index contributed by atoms with van der Waals surface area (Å²) in [5, 5.41) is 1.58. The van der Waals surface area contributed by atoms with E-state index in [0.717, 1.165) is 30.0 Å². The molecule has 1 saturated carbocycles. The largest absolute Gasteiger partial charge is 0.361 e. The molecule has 0 aromatic carbocycles. The van der Waals surface area contributed by atoms with Gasteiger partial charge in [0.05, 0.1) is 5.39 Å². The Balaban J connectivity index is 1.76. The van der Waals surface area contributed by atoms with E-state index in [0.29, 0.717) is 11.9 Å². The predicted octanol–water partition coefficient (Wildman–Crippen LogP) is 5.13. The number of halogens is 1. The summed E-state index contributed by atoms with van der Waals surface area (Å²) in [6, 6.07) is 1.18. The monoisotopic (exact) mass is 365 g/mol. The summed E-state index contributed by atoms with van der Waals surface area (Å²) in [4.78, 5) is 8.65. The van der Waals surface area contributed by atoms with E-state index in [2.05, 4.69) is 40.4 Å². The molecule has 24 heavy (non-hydrogen) atoms. The Morgan fingerprint density at radius 2 is 2.00 bits per heavy atom. The number of ether oxygens (including phenoxy) is 1. The van der Waals surface area contributed by atoms with E-state index >= 15 is 0 Å². The Morgan fingerprint density at radius 3 is 2.71 bits per heavy atom. The van der Waals surface area contributed by atoms with E-state index in [-0.39, 0.29) is 0 Å². The van der Waals surface area contributed by atoms with E-state index in [1.54, 1.807) is 6.33 Å². The van der Waals surface area contributed by atoms with Crippen LogP contribution >= 0.6 is 11.6 Å². The molecule has 0 atom stereocenters. The highest BCUT2D eigenvalue weighted by Gasteiger charge is 2.20. The van der Waals surface area contributed by atoms with Crippen LogP contribution in [0.4, 0.5) is 0 Å². The zero-order valence-corrected chi connectivity index (χ0v) is 16.8. The van der Waals surface area contributed by atoms with Crippen molar-refractivity contribution in [1.29, 1.82) is 0 Å². The van der Waals surface area contributed by atoms with Gasteiger partial charge in [-0.2, -0.15) is 0 Å². The van der Waals surface area contributed by atoms with Crippen LogP contribution in [0.15, 0.2) is 12.5 Å². The SMILES string of the molecule is C[Si](C)(C)CCOCn1cc(CC2CCCC2)c2c(Cl)ncnc21. The molecule has 0 unspecified atom stereocenters. The van der Waals surface area contributed by atoms with Crippen molar-refractivity contribution in [2.45, 2.75) is 64.5 Å². The summed E-state index contributed by atoms with van der Waals surface area (Å²) in [5.74, 6) is 0.771. The number of hydrogen-bond donors (Lipinski definition) is 0. The van der Waals surface area contributed by atoms with Gasteiger partial charge in [0.1, 0.15) is 23.9 Å². The van der Waals surface area contributed by atoms with E-state index in [1.165, 1.54) is 37.3 Å². The van der Waals surface area contributed by atoms with Crippen molar-refractivity contribution in [3.63, 3.8) is 0 Å². The van der Waals surface area contributed by atoms with Crippen LogP contribution in [0.1, 0.15) is 31.2 Å². The number of hydrogen-bond acceptors (Lipinski definition) is 3. The second kappa shape index (κ2) is 7.54. The molecule has 0 N–H and O–H groups in total. The fourth-order valence-corrected chi connectivity index (χ4v) is 4.49. The highest BCUT2D eigenvalue weighted by atomic mass is 35.5. The van der Waals surface area contributed by atoms with Gasteiger partial charge in [0.2, 0.25) is 0 Å². The van der Waals surface area contributed by atoms with Gasteiger partial charge in [0.25, 0.3) is 0 Å². The maximum Gasteiger partial charge on any atom is 0.147 e. The highest BCUT2D eigenvalue weighted by molar-refractivity contribution is 6.76. The number of fused-ring (bicyclic) bond motifs is 1. The van der Waals surface area contributed by atoms with Crippen LogP contribution in [0.2, 0.25) is 30.8 Å². The first-order chi connectivity index (χ1) is 11.4. The first kappa shape index (κ1) is 17.9. The van der Waals surface area contributed by atoms with Crippen LogP contribution in [0, 0.1) is 5.92 Å². The Bertz CT molecular complexity index is 689. The van der Waals surface area contributed by atoms with Crippen LogP contribution in [0.5, 0.6) is 0 Å². The van der Waals surface area contributed by atoms with Crippen LogP contribution in [-0.4, -0.2) is 29.2 Å². The lowest BCUT2D eigenvalue weighted by atomic mass is 9.98. The lowest BCUT2D eigenvalue weighted by Gasteiger charge is -2.15. The zero-order chi connectivity index (χ0) is 17.2. The number of nitrogens with zero attached hydrogens (tertiary/aromatic N) is 3. The summed E-state index contributed by atoms with van der Waals surface area (Å²) in [6.07, 6.45) is 10.2. The van der Waals surface area contributed by atoms with Crippen molar-refractivity contribution in [3.8, 4) is 0 Å². The van der Waals surface area contributed by atoms with Crippen LogP contribution < -0.4 is 0 Å². The van der Waals surface area contributed by atoms with Gasteiger partial charge < -0.3 is 9.30 Å².